The first-order valence-corrected chi connectivity index (χ1v) is 8.20. The van der Waals surface area contributed by atoms with Crippen molar-refractivity contribution in [1.29, 1.82) is 0 Å². The summed E-state index contributed by atoms with van der Waals surface area (Å²) in [6.45, 7) is 1.31. The molecule has 1 saturated heterocycles. The van der Waals surface area contributed by atoms with E-state index in [0.717, 1.165) is 29.7 Å². The Hall–Kier alpha value is -2.69. The molecule has 1 aliphatic heterocycles. The lowest BCUT2D eigenvalue weighted by atomic mass is 9.96. The first-order valence-electron chi connectivity index (χ1n) is 8.20. The van der Waals surface area contributed by atoms with Gasteiger partial charge in [0.2, 0.25) is 0 Å². The van der Waals surface area contributed by atoms with Gasteiger partial charge < -0.3 is 9.88 Å². The molecule has 1 fully saturated rings. The zero-order valence-electron chi connectivity index (χ0n) is 13.2. The quantitative estimate of drug-likeness (QED) is 0.781. The summed E-state index contributed by atoms with van der Waals surface area (Å²) in [5, 5.41) is 0. The van der Waals surface area contributed by atoms with E-state index in [0.29, 0.717) is 18.7 Å². The number of nitrogens with one attached hydrogen (secondary N) is 1. The van der Waals surface area contributed by atoms with E-state index in [9.17, 15) is 9.18 Å². The number of H-pyrrole nitrogens is 1. The van der Waals surface area contributed by atoms with Crippen LogP contribution in [-0.4, -0.2) is 33.9 Å². The van der Waals surface area contributed by atoms with Crippen LogP contribution >= 0.6 is 0 Å². The van der Waals surface area contributed by atoms with Crippen molar-refractivity contribution in [2.45, 2.75) is 18.8 Å². The molecule has 122 valence electrons. The maximum Gasteiger partial charge on any atom is 0.253 e. The molecule has 1 amide bonds. The number of piperidine rings is 1. The van der Waals surface area contributed by atoms with Crippen molar-refractivity contribution >= 4 is 16.9 Å². The Morgan fingerprint density at radius 3 is 2.92 bits per heavy atom. The van der Waals surface area contributed by atoms with Gasteiger partial charge in [-0.25, -0.2) is 9.37 Å². The predicted molar refractivity (Wildman–Crippen MR) is 90.4 cm³/mol. The Labute approximate surface area is 139 Å². The van der Waals surface area contributed by atoms with Crippen LogP contribution in [0.15, 0.2) is 48.5 Å². The maximum atomic E-state index is 13.4. The highest BCUT2D eigenvalue weighted by molar-refractivity contribution is 5.94. The highest BCUT2D eigenvalue weighted by atomic mass is 19.1. The number of imidazole rings is 1. The first-order chi connectivity index (χ1) is 11.7. The summed E-state index contributed by atoms with van der Waals surface area (Å²) < 4.78 is 13.4. The van der Waals surface area contributed by atoms with Gasteiger partial charge in [-0.2, -0.15) is 0 Å². The third kappa shape index (κ3) is 2.77. The highest BCUT2D eigenvalue weighted by Gasteiger charge is 2.27. The second-order valence-corrected chi connectivity index (χ2v) is 6.24. The van der Waals surface area contributed by atoms with E-state index in [1.54, 1.807) is 17.0 Å². The Morgan fingerprint density at radius 1 is 1.21 bits per heavy atom. The Bertz CT molecular complexity index is 856. The minimum Gasteiger partial charge on any atom is -0.342 e. The van der Waals surface area contributed by atoms with E-state index in [1.165, 1.54) is 12.1 Å². The molecule has 1 unspecified atom stereocenters. The predicted octanol–water partition coefficient (Wildman–Crippen LogP) is 3.72. The number of halogens is 1. The first kappa shape index (κ1) is 14.9. The number of benzene rings is 2. The van der Waals surface area contributed by atoms with Gasteiger partial charge in [-0.1, -0.05) is 18.2 Å². The number of likely N-dealkylation sites (tertiary alicyclic amines) is 1. The van der Waals surface area contributed by atoms with Gasteiger partial charge in [-0.15, -0.1) is 0 Å². The van der Waals surface area contributed by atoms with Crippen molar-refractivity contribution in [3.05, 3.63) is 65.7 Å². The molecular formula is C19H18FN3O. The SMILES string of the molecule is O=C(c1cccc(F)c1)N1CCCC(c2nc3ccccc3[nH]2)C1. The van der Waals surface area contributed by atoms with Gasteiger partial charge in [-0.3, -0.25) is 4.79 Å². The number of hydrogen-bond donors (Lipinski definition) is 1. The molecule has 1 atom stereocenters. The average molecular weight is 323 g/mol. The van der Waals surface area contributed by atoms with Crippen LogP contribution in [0.4, 0.5) is 4.39 Å². The topological polar surface area (TPSA) is 49.0 Å². The van der Waals surface area contributed by atoms with Gasteiger partial charge in [0.1, 0.15) is 11.6 Å². The van der Waals surface area contributed by atoms with Crippen LogP contribution in [0.3, 0.4) is 0 Å². The number of fused-ring (bicyclic) bond motifs is 1. The summed E-state index contributed by atoms with van der Waals surface area (Å²) >= 11 is 0. The molecule has 24 heavy (non-hydrogen) atoms. The van der Waals surface area contributed by atoms with Crippen LogP contribution in [0.5, 0.6) is 0 Å². The van der Waals surface area contributed by atoms with Crippen LogP contribution in [0, 0.1) is 5.82 Å². The van der Waals surface area contributed by atoms with Crippen LogP contribution in [0.2, 0.25) is 0 Å². The number of aromatic amines is 1. The molecule has 2 aromatic carbocycles. The number of nitrogens with zero attached hydrogens (tertiary/aromatic N) is 2. The largest absolute Gasteiger partial charge is 0.342 e. The summed E-state index contributed by atoms with van der Waals surface area (Å²) in [6, 6.07) is 13.8. The number of carbonyl (C=O) groups excluding carboxylic acids is 1. The molecule has 4 rings (SSSR count). The van der Waals surface area contributed by atoms with Crippen LogP contribution in [-0.2, 0) is 0 Å². The van der Waals surface area contributed by atoms with Gasteiger partial charge in [0.05, 0.1) is 11.0 Å². The van der Waals surface area contributed by atoms with Crippen molar-refractivity contribution in [3.63, 3.8) is 0 Å². The normalized spacial score (nSPS) is 18.0. The molecule has 3 aromatic rings. The lowest BCUT2D eigenvalue weighted by Crippen LogP contribution is -2.39. The molecular weight excluding hydrogens is 305 g/mol. The van der Waals surface area contributed by atoms with Gasteiger partial charge >= 0.3 is 0 Å². The zero-order valence-corrected chi connectivity index (χ0v) is 13.2. The number of carbonyl (C=O) groups is 1. The third-order valence-electron chi connectivity index (χ3n) is 4.57. The smallest absolute Gasteiger partial charge is 0.253 e. The molecule has 4 nitrogen and oxygen atoms in total. The number of para-hydroxylation sites is 2. The lowest BCUT2D eigenvalue weighted by Gasteiger charge is -2.32. The van der Waals surface area contributed by atoms with Crippen molar-refractivity contribution in [2.24, 2.45) is 0 Å². The molecule has 0 bridgehead atoms. The minimum atomic E-state index is -0.383. The highest BCUT2D eigenvalue weighted by Crippen LogP contribution is 2.27. The van der Waals surface area contributed by atoms with Crippen LogP contribution in [0.1, 0.15) is 34.9 Å². The zero-order chi connectivity index (χ0) is 16.5. The maximum absolute atomic E-state index is 13.4. The Balaban J connectivity index is 1.56. The average Bonchev–Trinajstić information content (AvgIpc) is 3.05. The molecule has 0 radical (unpaired) electrons. The summed E-state index contributed by atoms with van der Waals surface area (Å²) in [7, 11) is 0. The van der Waals surface area contributed by atoms with E-state index in [4.69, 9.17) is 0 Å². The third-order valence-corrected chi connectivity index (χ3v) is 4.57. The van der Waals surface area contributed by atoms with Crippen molar-refractivity contribution in [1.82, 2.24) is 14.9 Å². The fourth-order valence-corrected chi connectivity index (χ4v) is 3.35. The summed E-state index contributed by atoms with van der Waals surface area (Å²) in [6.07, 6.45) is 1.91. The van der Waals surface area contributed by atoms with Crippen LogP contribution in [0.25, 0.3) is 11.0 Å². The van der Waals surface area contributed by atoms with Gasteiger partial charge in [0.25, 0.3) is 5.91 Å². The Kier molecular flexibility index (Phi) is 3.76. The van der Waals surface area contributed by atoms with Gasteiger partial charge in [-0.05, 0) is 43.2 Å². The fourth-order valence-electron chi connectivity index (χ4n) is 3.35. The van der Waals surface area contributed by atoms with E-state index in [2.05, 4.69) is 9.97 Å². The summed E-state index contributed by atoms with van der Waals surface area (Å²) in [5.74, 6) is 0.610. The molecule has 1 N–H and O–H groups in total. The van der Waals surface area contributed by atoms with Gasteiger partial charge in [0.15, 0.2) is 0 Å². The van der Waals surface area contributed by atoms with Gasteiger partial charge in [0, 0.05) is 24.6 Å². The van der Waals surface area contributed by atoms with E-state index >= 15 is 0 Å². The molecule has 1 aliphatic rings. The van der Waals surface area contributed by atoms with E-state index < -0.39 is 0 Å². The lowest BCUT2D eigenvalue weighted by molar-refractivity contribution is 0.0704. The van der Waals surface area contributed by atoms with E-state index in [-0.39, 0.29) is 17.6 Å². The molecule has 0 saturated carbocycles. The fraction of sp³-hybridized carbons (Fsp3) is 0.263. The molecule has 0 aliphatic carbocycles. The second-order valence-electron chi connectivity index (χ2n) is 6.24. The number of rotatable bonds is 2. The molecule has 2 heterocycles. The van der Waals surface area contributed by atoms with Crippen LogP contribution < -0.4 is 0 Å². The molecule has 5 heteroatoms. The Morgan fingerprint density at radius 2 is 2.08 bits per heavy atom. The monoisotopic (exact) mass is 323 g/mol. The standard InChI is InChI=1S/C19H18FN3O/c20-15-7-3-5-13(11-15)19(24)23-10-4-6-14(12-23)18-21-16-8-1-2-9-17(16)22-18/h1-3,5,7-9,11,14H,4,6,10,12H2,(H,21,22). The summed E-state index contributed by atoms with van der Waals surface area (Å²) in [5.41, 5.74) is 2.36. The van der Waals surface area contributed by atoms with Crippen molar-refractivity contribution < 1.29 is 9.18 Å². The van der Waals surface area contributed by atoms with Crippen molar-refractivity contribution in [2.75, 3.05) is 13.1 Å². The molecule has 1 aromatic heterocycles. The summed E-state index contributed by atoms with van der Waals surface area (Å²) in [4.78, 5) is 22.5. The molecule has 0 spiro atoms. The minimum absolute atomic E-state index is 0.115. The second kappa shape index (κ2) is 6.07. The van der Waals surface area contributed by atoms with Crippen molar-refractivity contribution in [3.8, 4) is 0 Å². The number of amides is 1. The van der Waals surface area contributed by atoms with E-state index in [1.807, 2.05) is 24.3 Å². The number of aromatic nitrogens is 2. The number of hydrogen-bond acceptors (Lipinski definition) is 2.